The molecule has 28 heavy (non-hydrogen) atoms. The number of hydrogen-bond acceptors (Lipinski definition) is 4. The highest BCUT2D eigenvalue weighted by atomic mass is 32.1. The summed E-state index contributed by atoms with van der Waals surface area (Å²) in [6.45, 7) is 5.34. The van der Waals surface area contributed by atoms with Crippen LogP contribution in [0.1, 0.15) is 28.8 Å². The van der Waals surface area contributed by atoms with E-state index in [-0.39, 0.29) is 11.9 Å². The van der Waals surface area contributed by atoms with Crippen LogP contribution in [0.3, 0.4) is 0 Å². The summed E-state index contributed by atoms with van der Waals surface area (Å²) in [7, 11) is 0. The third-order valence-electron chi connectivity index (χ3n) is 5.52. The predicted molar refractivity (Wildman–Crippen MR) is 114 cm³/mol. The van der Waals surface area contributed by atoms with Crippen molar-refractivity contribution in [1.29, 1.82) is 0 Å². The summed E-state index contributed by atoms with van der Waals surface area (Å²) in [6.07, 6.45) is 3.67. The molecule has 0 radical (unpaired) electrons. The zero-order valence-electron chi connectivity index (χ0n) is 16.1. The summed E-state index contributed by atoms with van der Waals surface area (Å²) in [5, 5.41) is 5.35. The third kappa shape index (κ3) is 4.37. The maximum Gasteiger partial charge on any atom is 0.287 e. The standard InChI is InChI=1S/C23H26N2O2S/c1-17-16-25(12-9-19-8-5-15-28-19)13-10-21(17)24-23(26)22-20(11-14-27-22)18-6-3-2-4-7-18/h2-8,11,14-15,17,21H,9-10,12-13,16H2,1H3,(H,24,26). The maximum atomic E-state index is 12.9. The molecule has 3 aromatic rings. The first-order valence-electron chi connectivity index (χ1n) is 9.89. The van der Waals surface area contributed by atoms with Crippen molar-refractivity contribution in [3.63, 3.8) is 0 Å². The van der Waals surface area contributed by atoms with Gasteiger partial charge in [-0.3, -0.25) is 4.79 Å². The lowest BCUT2D eigenvalue weighted by atomic mass is 9.93. The van der Waals surface area contributed by atoms with Gasteiger partial charge in [0.05, 0.1) is 6.26 Å². The molecule has 1 amide bonds. The number of likely N-dealkylation sites (tertiary alicyclic amines) is 1. The Labute approximate surface area is 170 Å². The van der Waals surface area contributed by atoms with Gasteiger partial charge in [-0.15, -0.1) is 11.3 Å². The Bertz CT molecular complexity index is 888. The molecule has 146 valence electrons. The second-order valence-corrected chi connectivity index (χ2v) is 8.54. The number of hydrogen-bond donors (Lipinski definition) is 1. The van der Waals surface area contributed by atoms with E-state index in [2.05, 4.69) is 34.7 Å². The van der Waals surface area contributed by atoms with E-state index < -0.39 is 0 Å². The van der Waals surface area contributed by atoms with Crippen LogP contribution in [0.25, 0.3) is 11.1 Å². The number of benzene rings is 1. The molecule has 1 fully saturated rings. The Morgan fingerprint density at radius 3 is 2.82 bits per heavy atom. The summed E-state index contributed by atoms with van der Waals surface area (Å²) >= 11 is 1.83. The minimum Gasteiger partial charge on any atom is -0.459 e. The molecule has 4 rings (SSSR count). The molecule has 0 spiro atoms. The van der Waals surface area contributed by atoms with Crippen LogP contribution in [0.4, 0.5) is 0 Å². The molecule has 2 atom stereocenters. The van der Waals surface area contributed by atoms with Crippen LogP contribution in [-0.4, -0.2) is 36.5 Å². The molecule has 1 aliphatic rings. The fourth-order valence-electron chi connectivity index (χ4n) is 3.94. The van der Waals surface area contributed by atoms with E-state index in [0.717, 1.165) is 43.6 Å². The van der Waals surface area contributed by atoms with E-state index in [1.807, 2.05) is 47.7 Å². The number of furan rings is 1. The van der Waals surface area contributed by atoms with Crippen LogP contribution in [0.5, 0.6) is 0 Å². The Hall–Kier alpha value is -2.37. The quantitative estimate of drug-likeness (QED) is 0.660. The smallest absolute Gasteiger partial charge is 0.287 e. The van der Waals surface area contributed by atoms with Crippen molar-refractivity contribution in [2.24, 2.45) is 5.92 Å². The molecule has 3 heterocycles. The van der Waals surface area contributed by atoms with Crippen molar-refractivity contribution < 1.29 is 9.21 Å². The van der Waals surface area contributed by atoms with E-state index in [9.17, 15) is 4.79 Å². The molecular formula is C23H26N2O2S. The number of nitrogens with zero attached hydrogens (tertiary/aromatic N) is 1. The van der Waals surface area contributed by atoms with Gasteiger partial charge in [0.2, 0.25) is 0 Å². The van der Waals surface area contributed by atoms with Gasteiger partial charge >= 0.3 is 0 Å². The van der Waals surface area contributed by atoms with Gasteiger partial charge in [0.1, 0.15) is 0 Å². The zero-order valence-corrected chi connectivity index (χ0v) is 17.0. The molecule has 0 aliphatic carbocycles. The number of nitrogens with one attached hydrogen (secondary N) is 1. The summed E-state index contributed by atoms with van der Waals surface area (Å²) < 4.78 is 5.54. The SMILES string of the molecule is CC1CN(CCc2cccs2)CCC1NC(=O)c1occc1-c1ccccc1. The van der Waals surface area contributed by atoms with Crippen molar-refractivity contribution in [3.8, 4) is 11.1 Å². The largest absolute Gasteiger partial charge is 0.459 e. The number of amides is 1. The lowest BCUT2D eigenvalue weighted by Gasteiger charge is -2.37. The molecule has 1 aromatic carbocycles. The zero-order chi connectivity index (χ0) is 19.3. The van der Waals surface area contributed by atoms with E-state index >= 15 is 0 Å². The average Bonchev–Trinajstić information content (AvgIpc) is 3.41. The van der Waals surface area contributed by atoms with Crippen LogP contribution >= 0.6 is 11.3 Å². The first-order chi connectivity index (χ1) is 13.7. The van der Waals surface area contributed by atoms with Gasteiger partial charge in [0.25, 0.3) is 5.91 Å². The Morgan fingerprint density at radius 2 is 2.07 bits per heavy atom. The molecule has 2 unspecified atom stereocenters. The minimum absolute atomic E-state index is 0.118. The second kappa shape index (κ2) is 8.76. The topological polar surface area (TPSA) is 45.5 Å². The molecule has 1 saturated heterocycles. The van der Waals surface area contributed by atoms with Crippen molar-refractivity contribution in [2.45, 2.75) is 25.8 Å². The van der Waals surface area contributed by atoms with E-state index in [4.69, 9.17) is 4.42 Å². The van der Waals surface area contributed by atoms with Gasteiger partial charge in [-0.1, -0.05) is 43.3 Å². The fraction of sp³-hybridized carbons (Fsp3) is 0.348. The number of piperidine rings is 1. The van der Waals surface area contributed by atoms with Crippen LogP contribution in [0, 0.1) is 5.92 Å². The summed E-state index contributed by atoms with van der Waals surface area (Å²) in [6, 6.07) is 16.3. The Balaban J connectivity index is 1.34. The first kappa shape index (κ1) is 19.0. The molecule has 0 saturated carbocycles. The van der Waals surface area contributed by atoms with Crippen molar-refractivity contribution in [3.05, 3.63) is 70.8 Å². The molecule has 0 bridgehead atoms. The highest BCUT2D eigenvalue weighted by Gasteiger charge is 2.29. The van der Waals surface area contributed by atoms with Crippen LogP contribution in [-0.2, 0) is 6.42 Å². The second-order valence-electron chi connectivity index (χ2n) is 7.51. The highest BCUT2D eigenvalue weighted by molar-refractivity contribution is 7.09. The van der Waals surface area contributed by atoms with E-state index in [0.29, 0.717) is 11.7 Å². The molecule has 2 aromatic heterocycles. The monoisotopic (exact) mass is 394 g/mol. The molecular weight excluding hydrogens is 368 g/mol. The molecule has 1 N–H and O–H groups in total. The average molecular weight is 395 g/mol. The van der Waals surface area contributed by atoms with Crippen molar-refractivity contribution in [1.82, 2.24) is 10.2 Å². The predicted octanol–water partition coefficient (Wildman–Crippen LogP) is 4.69. The summed E-state index contributed by atoms with van der Waals surface area (Å²) in [5.41, 5.74) is 1.84. The summed E-state index contributed by atoms with van der Waals surface area (Å²) in [5.74, 6) is 0.697. The Kier molecular flexibility index (Phi) is 5.93. The van der Waals surface area contributed by atoms with Crippen LogP contribution < -0.4 is 5.32 Å². The van der Waals surface area contributed by atoms with Gasteiger partial charge in [-0.25, -0.2) is 0 Å². The number of carbonyl (C=O) groups is 1. The third-order valence-corrected chi connectivity index (χ3v) is 6.45. The Morgan fingerprint density at radius 1 is 1.21 bits per heavy atom. The minimum atomic E-state index is -0.118. The lowest BCUT2D eigenvalue weighted by Crippen LogP contribution is -2.50. The first-order valence-corrected chi connectivity index (χ1v) is 10.8. The fourth-order valence-corrected chi connectivity index (χ4v) is 4.63. The van der Waals surface area contributed by atoms with E-state index in [1.54, 1.807) is 6.26 Å². The lowest BCUT2D eigenvalue weighted by molar-refractivity contribution is 0.0842. The highest BCUT2D eigenvalue weighted by Crippen LogP contribution is 2.25. The van der Waals surface area contributed by atoms with Crippen molar-refractivity contribution >= 4 is 17.2 Å². The molecule has 5 heteroatoms. The normalized spacial score (nSPS) is 20.2. The number of carbonyl (C=O) groups excluding carboxylic acids is 1. The van der Waals surface area contributed by atoms with Gasteiger partial charge in [0.15, 0.2) is 5.76 Å². The molecule has 4 nitrogen and oxygen atoms in total. The maximum absolute atomic E-state index is 12.9. The molecule has 1 aliphatic heterocycles. The van der Waals surface area contributed by atoms with Crippen LogP contribution in [0.15, 0.2) is 64.6 Å². The van der Waals surface area contributed by atoms with Crippen molar-refractivity contribution in [2.75, 3.05) is 19.6 Å². The van der Waals surface area contributed by atoms with Gasteiger partial charge < -0.3 is 14.6 Å². The number of thiophene rings is 1. The summed E-state index contributed by atoms with van der Waals surface area (Å²) in [4.78, 5) is 16.8. The van der Waals surface area contributed by atoms with Gasteiger partial charge in [-0.2, -0.15) is 0 Å². The van der Waals surface area contributed by atoms with Gasteiger partial charge in [0, 0.05) is 36.1 Å². The van der Waals surface area contributed by atoms with Gasteiger partial charge in [-0.05, 0) is 41.8 Å². The number of rotatable bonds is 6. The van der Waals surface area contributed by atoms with E-state index in [1.165, 1.54) is 4.88 Å². The van der Waals surface area contributed by atoms with Crippen LogP contribution in [0.2, 0.25) is 0 Å².